The number of unbranched alkanes of at least 4 members (excludes halogenated alkanes) is 3. The van der Waals surface area contributed by atoms with Gasteiger partial charge in [-0.25, -0.2) is 4.79 Å². The molecule has 1 heterocycles. The maximum absolute atomic E-state index is 14.5. The molecule has 1 aromatic rings. The van der Waals surface area contributed by atoms with Gasteiger partial charge in [-0.15, -0.1) is 0 Å². The van der Waals surface area contributed by atoms with E-state index in [4.69, 9.17) is 28.7 Å². The maximum Gasteiger partial charge on any atom is 0.328 e. The topological polar surface area (TPSA) is 623 Å². The van der Waals surface area contributed by atoms with Gasteiger partial charge in [0.05, 0.1) is 24.7 Å². The van der Waals surface area contributed by atoms with Crippen LogP contribution < -0.4 is 97.8 Å². The molecular formula is C69H118N18O19. The van der Waals surface area contributed by atoms with Gasteiger partial charge in [0.2, 0.25) is 82.7 Å². The number of primary amides is 2. The SMILES string of the molecule is CC(C)C[C@H](NC(=O)[C@H](CCCCN)NC(=O)[C@H](CC(C)C)NC(=O)[C@@H](NC(=O)[C@H](CC(N)=O)NC(=O)[C@H](CCC(N)=O)NC(=O)[C@H](CCCCN)NC(=O)[C@@H](NC(=O)[C@H](Cc1ccc(O)cc1)NC(=O)[C@H](CCCCN)NC(=O)[C@@H]1CCCN1)C(C)C)[C@@H](C)O)C(=O)N[C@@H](C)C(=O)N[C@H](C(=O)O)[C@@H](C)O. The van der Waals surface area contributed by atoms with Crippen LogP contribution in [0.1, 0.15) is 171 Å². The monoisotopic (exact) mass is 1500 g/mol. The van der Waals surface area contributed by atoms with Crippen LogP contribution >= 0.6 is 0 Å². The Morgan fingerprint density at radius 2 is 0.811 bits per heavy atom. The molecule has 1 aromatic carbocycles. The average Bonchev–Trinajstić information content (AvgIpc) is 1.30. The van der Waals surface area contributed by atoms with Gasteiger partial charge in [0.1, 0.15) is 72.2 Å². The first kappa shape index (κ1) is 92.9. The molecule has 1 saturated heterocycles. The van der Waals surface area contributed by atoms with Gasteiger partial charge in [-0.3, -0.25) is 67.1 Å². The van der Waals surface area contributed by atoms with E-state index in [-0.39, 0.29) is 82.0 Å². The minimum Gasteiger partial charge on any atom is -0.508 e. The molecule has 0 bridgehead atoms. The number of aliphatic carboxylic acids is 1. The van der Waals surface area contributed by atoms with Crippen LogP contribution in [-0.4, -0.2) is 226 Å². The largest absolute Gasteiger partial charge is 0.508 e. The zero-order chi connectivity index (χ0) is 80.1. The highest BCUT2D eigenvalue weighted by atomic mass is 16.4. The Kier molecular flexibility index (Phi) is 42.2. The van der Waals surface area contributed by atoms with Crippen molar-refractivity contribution in [2.45, 2.75) is 262 Å². The number of rotatable bonds is 51. The Morgan fingerprint density at radius 1 is 0.434 bits per heavy atom. The number of amides is 14. The maximum atomic E-state index is 14.5. The number of nitrogens with one attached hydrogen (secondary N) is 13. The molecule has 1 fully saturated rings. The molecular weight excluding hydrogens is 1380 g/mol. The van der Waals surface area contributed by atoms with Crippen molar-refractivity contribution in [1.29, 1.82) is 0 Å². The second-order valence-corrected chi connectivity index (χ2v) is 28.0. The molecule has 37 heteroatoms. The van der Waals surface area contributed by atoms with Crippen molar-refractivity contribution in [3.8, 4) is 5.75 Å². The first-order chi connectivity index (χ1) is 49.8. The number of phenolic OH excluding ortho intramolecular Hbond substituents is 1. The fourth-order valence-corrected chi connectivity index (χ4v) is 11.3. The van der Waals surface area contributed by atoms with Crippen molar-refractivity contribution in [2.24, 2.45) is 46.4 Å². The Morgan fingerprint density at radius 3 is 1.24 bits per heavy atom. The first-order valence-electron chi connectivity index (χ1n) is 36.3. The summed E-state index contributed by atoms with van der Waals surface area (Å²) in [6.07, 6.45) is -2.13. The van der Waals surface area contributed by atoms with Crippen LogP contribution in [0.3, 0.4) is 0 Å². The quantitative estimate of drug-likeness (QED) is 0.0271. The van der Waals surface area contributed by atoms with E-state index < -0.39 is 205 Å². The normalized spacial score (nSPS) is 16.7. The Labute approximate surface area is 618 Å². The van der Waals surface area contributed by atoms with Crippen LogP contribution in [0.25, 0.3) is 0 Å². The predicted molar refractivity (Wildman–Crippen MR) is 387 cm³/mol. The molecule has 598 valence electrons. The van der Waals surface area contributed by atoms with Gasteiger partial charge in [-0.1, -0.05) is 53.7 Å². The second kappa shape index (κ2) is 48.1. The number of carboxylic acids is 1. The van der Waals surface area contributed by atoms with Crippen molar-refractivity contribution < 1.29 is 92.3 Å². The van der Waals surface area contributed by atoms with Crippen LogP contribution in [0.15, 0.2) is 24.3 Å². The number of carboxylic acid groups (broad SMARTS) is 1. The summed E-state index contributed by atoms with van der Waals surface area (Å²) >= 11 is 0. The summed E-state index contributed by atoms with van der Waals surface area (Å²) in [6, 6.07) is -13.1. The summed E-state index contributed by atoms with van der Waals surface area (Å²) in [5.41, 5.74) is 28.8. The molecule has 15 atom stereocenters. The van der Waals surface area contributed by atoms with Crippen molar-refractivity contribution in [2.75, 3.05) is 26.2 Å². The third kappa shape index (κ3) is 34.4. The molecule has 0 unspecified atom stereocenters. The summed E-state index contributed by atoms with van der Waals surface area (Å²) in [5, 5.41) is 73.7. The summed E-state index contributed by atoms with van der Waals surface area (Å²) in [7, 11) is 0. The smallest absolute Gasteiger partial charge is 0.328 e. The van der Waals surface area contributed by atoms with E-state index in [0.29, 0.717) is 50.8 Å². The van der Waals surface area contributed by atoms with Gasteiger partial charge in [-0.05, 0) is 172 Å². The summed E-state index contributed by atoms with van der Waals surface area (Å²) in [6.45, 7) is 14.8. The number of carbonyl (C=O) groups is 15. The van der Waals surface area contributed by atoms with Gasteiger partial charge < -0.3 is 118 Å². The zero-order valence-corrected chi connectivity index (χ0v) is 62.4. The number of phenols is 1. The molecule has 0 saturated carbocycles. The molecule has 14 amide bonds. The predicted octanol–water partition coefficient (Wildman–Crippen LogP) is -5.35. The lowest BCUT2D eigenvalue weighted by Gasteiger charge is -2.30. The highest BCUT2D eigenvalue weighted by Gasteiger charge is 2.39. The number of aliphatic hydroxyl groups excluding tert-OH is 2. The molecule has 0 spiro atoms. The zero-order valence-electron chi connectivity index (χ0n) is 62.4. The lowest BCUT2D eigenvalue weighted by atomic mass is 9.99. The van der Waals surface area contributed by atoms with Crippen LogP contribution in [0, 0.1) is 17.8 Å². The third-order valence-electron chi connectivity index (χ3n) is 17.3. The number of benzene rings is 1. The van der Waals surface area contributed by atoms with E-state index in [0.717, 1.165) is 20.3 Å². The first-order valence-corrected chi connectivity index (χ1v) is 36.3. The van der Waals surface area contributed by atoms with E-state index in [1.807, 2.05) is 0 Å². The number of hydrogen-bond acceptors (Lipinski definition) is 22. The molecule has 2 rings (SSSR count). The van der Waals surface area contributed by atoms with E-state index in [1.54, 1.807) is 41.5 Å². The van der Waals surface area contributed by atoms with Gasteiger partial charge in [-0.2, -0.15) is 0 Å². The number of aliphatic hydroxyl groups is 2. The third-order valence-corrected chi connectivity index (χ3v) is 17.3. The van der Waals surface area contributed by atoms with Crippen LogP contribution in [0.2, 0.25) is 0 Å². The summed E-state index contributed by atoms with van der Waals surface area (Å²) < 4.78 is 0. The van der Waals surface area contributed by atoms with Crippen LogP contribution in [0.4, 0.5) is 0 Å². The van der Waals surface area contributed by atoms with Crippen LogP contribution in [0.5, 0.6) is 5.75 Å². The molecule has 0 radical (unpaired) electrons. The van der Waals surface area contributed by atoms with Crippen molar-refractivity contribution in [3.05, 3.63) is 29.8 Å². The van der Waals surface area contributed by atoms with Crippen molar-refractivity contribution >= 4 is 88.7 Å². The summed E-state index contributed by atoms with van der Waals surface area (Å²) in [4.78, 5) is 206. The molecule has 0 aromatic heterocycles. The highest BCUT2D eigenvalue weighted by molar-refractivity contribution is 6.01. The van der Waals surface area contributed by atoms with Crippen molar-refractivity contribution in [1.82, 2.24) is 69.1 Å². The standard InChI is InChI=1S/C69H118N18O19/c1-35(2)31-48(63(99)76-38(7)57(93)87-56(40(9)89)69(105)106)81-60(96)45(18-11-14-28-71)78-64(100)49(32-36(3)4)84-68(104)55(39(8)88)86-66(102)51(34-53(74)92)83-62(98)47(25-26-52(73)91)79-59(95)46(19-12-15-29-72)80-67(103)54(37(5)6)85-65(101)50(33-41-21-23-42(90)24-22-41)82-61(97)44(17-10-13-27-70)77-58(94)43-20-16-30-75-43/h21-24,35-40,43-51,54-56,75,88-90H,10-20,25-34,70-72H2,1-9H3,(H2,73,91)(H2,74,92)(H,76,99)(H,77,94)(H,78,100)(H,79,95)(H,80,103)(H,81,96)(H,82,97)(H,83,98)(H,84,104)(H,85,101)(H,86,102)(H,87,93)(H,105,106)/t38-,39+,40+,43-,44-,45-,46-,47-,48-,49-,50-,51-,54-,55-,56-/m0/s1. The highest BCUT2D eigenvalue weighted by Crippen LogP contribution is 2.17. The molecule has 0 aliphatic carbocycles. The minimum atomic E-state index is -1.98. The molecule has 106 heavy (non-hydrogen) atoms. The molecule has 27 N–H and O–H groups in total. The number of aromatic hydroxyl groups is 1. The van der Waals surface area contributed by atoms with E-state index >= 15 is 0 Å². The molecule has 1 aliphatic rings. The van der Waals surface area contributed by atoms with Gasteiger partial charge in [0.15, 0.2) is 6.04 Å². The average molecular weight is 1500 g/mol. The van der Waals surface area contributed by atoms with Crippen LogP contribution in [-0.2, 0) is 78.3 Å². The summed E-state index contributed by atoms with van der Waals surface area (Å²) in [5.74, 6) is -16.2. The fraction of sp³-hybridized carbons (Fsp3) is 0.696. The van der Waals surface area contributed by atoms with E-state index in [2.05, 4.69) is 69.1 Å². The Bertz CT molecular complexity index is 3080. The minimum absolute atomic E-state index is 0.0131. The Balaban J connectivity index is 2.49. The number of hydrogen-bond donors (Lipinski definition) is 22. The van der Waals surface area contributed by atoms with Gasteiger partial charge in [0, 0.05) is 12.8 Å². The van der Waals surface area contributed by atoms with E-state index in [1.165, 1.54) is 31.2 Å². The van der Waals surface area contributed by atoms with Gasteiger partial charge >= 0.3 is 5.97 Å². The van der Waals surface area contributed by atoms with Gasteiger partial charge in [0.25, 0.3) is 0 Å². The second-order valence-electron chi connectivity index (χ2n) is 28.0. The van der Waals surface area contributed by atoms with E-state index in [9.17, 15) is 92.3 Å². The molecule has 1 aliphatic heterocycles. The fourth-order valence-electron chi connectivity index (χ4n) is 11.3. The van der Waals surface area contributed by atoms with Crippen molar-refractivity contribution in [3.63, 3.8) is 0 Å². The number of nitrogens with two attached hydrogens (primary N) is 5. The molecule has 37 nitrogen and oxygen atoms in total. The lowest BCUT2D eigenvalue weighted by molar-refractivity contribution is -0.145. The lowest BCUT2D eigenvalue weighted by Crippen LogP contribution is -2.62. The number of carbonyl (C=O) groups excluding carboxylic acids is 14. The Hall–Kier alpha value is -9.17.